The Morgan fingerprint density at radius 3 is 1.57 bits per heavy atom. The number of alkyl halides is 3. The normalized spacial score (nSPS) is 17.9. The molecule has 2 atom stereocenters. The van der Waals surface area contributed by atoms with Crippen molar-refractivity contribution in [3.63, 3.8) is 0 Å². The molecule has 178 valence electrons. The van der Waals surface area contributed by atoms with E-state index in [1.165, 1.54) is 24.3 Å². The zero-order chi connectivity index (χ0) is 25.2. The van der Waals surface area contributed by atoms with Crippen molar-refractivity contribution < 1.29 is 41.8 Å². The Kier molecular flexibility index (Phi) is 6.37. The van der Waals surface area contributed by atoms with E-state index in [4.69, 9.17) is 9.47 Å². The first-order chi connectivity index (χ1) is 16.7. The predicted molar refractivity (Wildman–Crippen MR) is 115 cm³/mol. The number of carbonyl (C=O) groups is 4. The molecule has 0 N–H and O–H groups in total. The second kappa shape index (κ2) is 9.41. The number of esters is 2. The Labute approximate surface area is 196 Å². The van der Waals surface area contributed by atoms with Gasteiger partial charge in [0.05, 0.1) is 22.4 Å². The summed E-state index contributed by atoms with van der Waals surface area (Å²) < 4.78 is 50.0. The fraction of sp³-hybridized carbons (Fsp3) is 0.120. The van der Waals surface area contributed by atoms with Crippen LogP contribution in [-0.4, -0.2) is 36.0 Å². The third kappa shape index (κ3) is 4.91. The van der Waals surface area contributed by atoms with Crippen molar-refractivity contribution in [1.82, 2.24) is 0 Å². The van der Waals surface area contributed by atoms with E-state index < -0.39 is 53.4 Å². The van der Waals surface area contributed by atoms with Gasteiger partial charge in [-0.15, -0.1) is 0 Å². The number of carbonyl (C=O) groups excluding carboxylic acids is 4. The Morgan fingerprint density at radius 1 is 0.686 bits per heavy atom. The summed E-state index contributed by atoms with van der Waals surface area (Å²) in [6.07, 6.45) is -8.55. The minimum absolute atomic E-state index is 0.0541. The molecule has 2 amide bonds. The fourth-order valence-electron chi connectivity index (χ4n) is 3.44. The molecule has 0 saturated carbocycles. The Balaban J connectivity index is 1.68. The number of nitrogens with zero attached hydrogens (tertiary/aromatic N) is 1. The van der Waals surface area contributed by atoms with Gasteiger partial charge in [0.1, 0.15) is 0 Å². The second-order valence-electron chi connectivity index (χ2n) is 7.44. The number of rotatable bonds is 5. The van der Waals surface area contributed by atoms with Gasteiger partial charge in [0.2, 0.25) is 12.2 Å². The maximum absolute atomic E-state index is 13.2. The van der Waals surface area contributed by atoms with Crippen LogP contribution in [0.4, 0.5) is 18.9 Å². The summed E-state index contributed by atoms with van der Waals surface area (Å²) in [6.45, 7) is 0. The smallest absolute Gasteiger partial charge is 0.416 e. The molecule has 0 radical (unpaired) electrons. The van der Waals surface area contributed by atoms with Crippen molar-refractivity contribution in [2.45, 2.75) is 18.4 Å². The molecule has 1 heterocycles. The van der Waals surface area contributed by atoms with E-state index in [9.17, 15) is 32.3 Å². The van der Waals surface area contributed by atoms with E-state index in [-0.39, 0.29) is 11.1 Å². The number of anilines is 1. The van der Waals surface area contributed by atoms with Gasteiger partial charge in [-0.05, 0) is 42.5 Å². The van der Waals surface area contributed by atoms with Crippen molar-refractivity contribution in [3.8, 4) is 0 Å². The largest absolute Gasteiger partial charge is 0.444 e. The molecule has 3 aromatic rings. The number of amides is 2. The van der Waals surface area contributed by atoms with Crippen LogP contribution < -0.4 is 4.90 Å². The molecule has 0 aliphatic carbocycles. The lowest BCUT2D eigenvalue weighted by molar-refractivity contribution is -0.137. The Morgan fingerprint density at radius 2 is 1.14 bits per heavy atom. The molecule has 7 nitrogen and oxygen atoms in total. The lowest BCUT2D eigenvalue weighted by Gasteiger charge is -2.16. The molecule has 35 heavy (non-hydrogen) atoms. The van der Waals surface area contributed by atoms with Crippen LogP contribution in [0.25, 0.3) is 0 Å². The molecule has 1 aliphatic rings. The van der Waals surface area contributed by atoms with Gasteiger partial charge in [-0.3, -0.25) is 9.59 Å². The molecule has 0 unspecified atom stereocenters. The van der Waals surface area contributed by atoms with Crippen LogP contribution in [-0.2, 0) is 25.2 Å². The zero-order valence-electron chi connectivity index (χ0n) is 17.8. The molecular weight excluding hydrogens is 467 g/mol. The van der Waals surface area contributed by atoms with Crippen molar-refractivity contribution in [2.75, 3.05) is 4.90 Å². The van der Waals surface area contributed by atoms with Gasteiger partial charge in [-0.25, -0.2) is 14.5 Å². The summed E-state index contributed by atoms with van der Waals surface area (Å²) in [4.78, 5) is 51.9. The van der Waals surface area contributed by atoms with Gasteiger partial charge in [-0.1, -0.05) is 42.5 Å². The van der Waals surface area contributed by atoms with Crippen molar-refractivity contribution in [3.05, 3.63) is 102 Å². The summed E-state index contributed by atoms with van der Waals surface area (Å²) in [5.41, 5.74) is -1.40. The summed E-state index contributed by atoms with van der Waals surface area (Å²) in [7, 11) is 0. The topological polar surface area (TPSA) is 90.0 Å². The second-order valence-corrected chi connectivity index (χ2v) is 7.44. The zero-order valence-corrected chi connectivity index (χ0v) is 17.8. The summed E-state index contributed by atoms with van der Waals surface area (Å²) >= 11 is 0. The number of ether oxygens (including phenoxy) is 2. The third-order valence-electron chi connectivity index (χ3n) is 5.12. The van der Waals surface area contributed by atoms with Gasteiger partial charge in [-0.2, -0.15) is 13.2 Å². The van der Waals surface area contributed by atoms with E-state index in [1.54, 1.807) is 36.4 Å². The maximum Gasteiger partial charge on any atom is 0.416 e. The molecule has 0 spiro atoms. The summed E-state index contributed by atoms with van der Waals surface area (Å²) in [5.74, 6) is -4.26. The molecule has 3 aromatic carbocycles. The Bertz CT molecular complexity index is 1210. The third-order valence-corrected chi connectivity index (χ3v) is 5.12. The monoisotopic (exact) mass is 483 g/mol. The maximum atomic E-state index is 13.2. The van der Waals surface area contributed by atoms with Crippen LogP contribution in [0, 0.1) is 0 Å². The molecule has 0 aromatic heterocycles. The van der Waals surface area contributed by atoms with E-state index in [0.29, 0.717) is 11.0 Å². The van der Waals surface area contributed by atoms with Gasteiger partial charge < -0.3 is 9.47 Å². The van der Waals surface area contributed by atoms with E-state index in [2.05, 4.69) is 0 Å². The quantitative estimate of drug-likeness (QED) is 0.402. The van der Waals surface area contributed by atoms with Gasteiger partial charge in [0.25, 0.3) is 11.8 Å². The lowest BCUT2D eigenvalue weighted by atomic mass is 10.2. The molecule has 0 bridgehead atoms. The van der Waals surface area contributed by atoms with E-state index in [1.807, 2.05) is 0 Å². The number of benzene rings is 3. The molecule has 1 saturated heterocycles. The van der Waals surface area contributed by atoms with Crippen LogP contribution in [0.3, 0.4) is 0 Å². The minimum Gasteiger partial charge on any atom is -0.444 e. The van der Waals surface area contributed by atoms with Crippen LogP contribution >= 0.6 is 0 Å². The predicted octanol–water partition coefficient (Wildman–Crippen LogP) is 4.03. The Hall–Kier alpha value is -4.47. The first-order valence-electron chi connectivity index (χ1n) is 10.2. The standard InChI is InChI=1S/C25H16F3NO6/c26-25(27,28)17-12-7-13-18(14-17)29-21(30)19(34-23(32)15-8-3-1-4-9-15)20(22(29)31)35-24(33)16-10-5-2-6-11-16/h1-14,19-20H/t19-,20+. The fourth-order valence-corrected chi connectivity index (χ4v) is 3.44. The van der Waals surface area contributed by atoms with Crippen molar-refractivity contribution >= 4 is 29.4 Å². The first kappa shape index (κ1) is 23.7. The first-order valence-corrected chi connectivity index (χ1v) is 10.2. The summed E-state index contributed by atoms with van der Waals surface area (Å²) in [6, 6.07) is 18.6. The highest BCUT2D eigenvalue weighted by Gasteiger charge is 2.53. The van der Waals surface area contributed by atoms with E-state index >= 15 is 0 Å². The highest BCUT2D eigenvalue weighted by Crippen LogP contribution is 2.34. The van der Waals surface area contributed by atoms with E-state index in [0.717, 1.165) is 18.2 Å². The van der Waals surface area contributed by atoms with Crippen LogP contribution in [0.15, 0.2) is 84.9 Å². The molecule has 10 heteroatoms. The molecule has 1 fully saturated rings. The minimum atomic E-state index is -4.74. The summed E-state index contributed by atoms with van der Waals surface area (Å²) in [5, 5.41) is 0. The number of halogens is 3. The number of hydrogen-bond acceptors (Lipinski definition) is 6. The van der Waals surface area contributed by atoms with Crippen LogP contribution in [0.5, 0.6) is 0 Å². The highest BCUT2D eigenvalue weighted by atomic mass is 19.4. The van der Waals surface area contributed by atoms with Gasteiger partial charge in [0, 0.05) is 0 Å². The van der Waals surface area contributed by atoms with Gasteiger partial charge in [0.15, 0.2) is 0 Å². The highest BCUT2D eigenvalue weighted by molar-refractivity contribution is 6.25. The number of imide groups is 1. The average Bonchev–Trinajstić information content (AvgIpc) is 3.08. The molecule has 1 aliphatic heterocycles. The lowest BCUT2D eigenvalue weighted by Crippen LogP contribution is -2.37. The van der Waals surface area contributed by atoms with Gasteiger partial charge >= 0.3 is 18.1 Å². The molecule has 4 rings (SSSR count). The van der Waals surface area contributed by atoms with Crippen LogP contribution in [0.2, 0.25) is 0 Å². The van der Waals surface area contributed by atoms with Crippen molar-refractivity contribution in [2.24, 2.45) is 0 Å². The SMILES string of the molecule is O=C(O[C@@H]1C(=O)N(c2cccc(C(F)(F)F)c2)C(=O)[C@@H]1OC(=O)c1ccccc1)c1ccccc1. The molecular formula is C25H16F3NO6. The average molecular weight is 483 g/mol. The van der Waals surface area contributed by atoms with Crippen LogP contribution in [0.1, 0.15) is 26.3 Å². The number of hydrogen-bond donors (Lipinski definition) is 0. The van der Waals surface area contributed by atoms with Crippen molar-refractivity contribution in [1.29, 1.82) is 0 Å².